The number of hydrogen-bond acceptors (Lipinski definition) is 7. The van der Waals surface area contributed by atoms with Crippen LogP contribution in [0, 0.1) is 11.8 Å². The Morgan fingerprint density at radius 3 is 2.82 bits per heavy atom. The first kappa shape index (κ1) is 27.3. The Hall–Kier alpha value is -3.27. The number of methoxy groups -OCH3 is 1. The topological polar surface area (TPSA) is 94.0 Å². The van der Waals surface area contributed by atoms with Crippen molar-refractivity contribution in [2.45, 2.75) is 48.3 Å². The molecule has 2 saturated heterocycles. The van der Waals surface area contributed by atoms with Crippen molar-refractivity contribution in [3.8, 4) is 17.6 Å². The zero-order valence-electron chi connectivity index (χ0n) is 21.6. The van der Waals surface area contributed by atoms with Gasteiger partial charge in [0, 0.05) is 42.3 Å². The van der Waals surface area contributed by atoms with Gasteiger partial charge in [-0.15, -0.1) is 0 Å². The molecule has 0 radical (unpaired) electrons. The highest BCUT2D eigenvalue weighted by Gasteiger charge is 2.42. The van der Waals surface area contributed by atoms with Crippen LogP contribution in [0.2, 0.25) is 0 Å². The van der Waals surface area contributed by atoms with Crippen LogP contribution < -0.4 is 15.4 Å². The monoisotopic (exact) mass is 562 g/mol. The van der Waals surface area contributed by atoms with Gasteiger partial charge in [-0.25, -0.2) is 13.4 Å². The highest BCUT2D eigenvalue weighted by atomic mass is 32.2. The quantitative estimate of drug-likeness (QED) is 0.440. The number of alkyl halides is 3. The number of rotatable bonds is 6. The van der Waals surface area contributed by atoms with E-state index in [9.17, 15) is 21.6 Å². The zero-order chi connectivity index (χ0) is 27.8. The van der Waals surface area contributed by atoms with Gasteiger partial charge < -0.3 is 24.5 Å². The van der Waals surface area contributed by atoms with E-state index in [2.05, 4.69) is 27.5 Å². The molecule has 8 nitrogen and oxygen atoms in total. The Morgan fingerprint density at radius 2 is 2.13 bits per heavy atom. The number of ether oxygens (including phenoxy) is 2. The van der Waals surface area contributed by atoms with Crippen LogP contribution in [0.25, 0.3) is 5.65 Å². The van der Waals surface area contributed by atoms with Gasteiger partial charge >= 0.3 is 6.18 Å². The first-order valence-corrected chi connectivity index (χ1v) is 14.4. The summed E-state index contributed by atoms with van der Waals surface area (Å²) in [6.07, 6.45) is -0.224. The molecule has 2 aliphatic rings. The highest BCUT2D eigenvalue weighted by molar-refractivity contribution is 7.90. The van der Waals surface area contributed by atoms with E-state index in [4.69, 9.17) is 9.47 Å². The number of nitrogens with one attached hydrogen (secondary N) is 2. The molecular weight excluding hydrogens is 533 g/mol. The van der Waals surface area contributed by atoms with Crippen molar-refractivity contribution in [3.63, 3.8) is 0 Å². The van der Waals surface area contributed by atoms with E-state index in [1.165, 1.54) is 23.6 Å². The summed E-state index contributed by atoms with van der Waals surface area (Å²) in [7, 11) is -2.00. The largest absolute Gasteiger partial charge is 0.495 e. The molecule has 3 aromatic rings. The molecule has 0 amide bonds. The summed E-state index contributed by atoms with van der Waals surface area (Å²) in [5, 5.41) is 6.68. The molecule has 4 heterocycles. The Kier molecular flexibility index (Phi) is 7.26. The number of aromatic nitrogens is 2. The highest BCUT2D eigenvalue weighted by Crippen LogP contribution is 2.39. The summed E-state index contributed by atoms with van der Waals surface area (Å²) >= 11 is 0. The van der Waals surface area contributed by atoms with E-state index in [-0.39, 0.29) is 34.4 Å². The minimum absolute atomic E-state index is 0.0150. The van der Waals surface area contributed by atoms with Crippen molar-refractivity contribution in [1.82, 2.24) is 14.7 Å². The van der Waals surface area contributed by atoms with E-state index >= 15 is 0 Å². The van der Waals surface area contributed by atoms with Gasteiger partial charge in [0.15, 0.2) is 9.84 Å². The van der Waals surface area contributed by atoms with Gasteiger partial charge in [0.2, 0.25) is 0 Å². The van der Waals surface area contributed by atoms with Crippen LogP contribution in [0.5, 0.6) is 5.75 Å². The molecule has 1 spiro atoms. The lowest BCUT2D eigenvalue weighted by molar-refractivity contribution is -0.128. The second kappa shape index (κ2) is 10.4. The number of anilines is 1. The molecule has 0 unspecified atom stereocenters. The maximum absolute atomic E-state index is 13.6. The average Bonchev–Trinajstić information content (AvgIpc) is 3.60. The second-order valence-corrected chi connectivity index (χ2v) is 12.0. The molecule has 2 N–H and O–H groups in total. The number of hydrogen-bond donors (Lipinski definition) is 2. The maximum Gasteiger partial charge on any atom is 0.394 e. The predicted molar refractivity (Wildman–Crippen MR) is 140 cm³/mol. The van der Waals surface area contributed by atoms with Crippen LogP contribution in [0.15, 0.2) is 41.4 Å². The average molecular weight is 563 g/mol. The van der Waals surface area contributed by atoms with Crippen LogP contribution in [-0.2, 0) is 21.0 Å². The molecule has 5 rings (SSSR count). The Morgan fingerprint density at radius 1 is 1.31 bits per heavy atom. The number of imidazole rings is 1. The molecule has 0 bridgehead atoms. The standard InChI is InChI=1S/C27H29F3N4O4S/c1-37-24-15-18(39(2,35)36)7-8-22(24)31-12-3-6-21-23(16-27(28,29)30)34-13-4-5-19(25(34)32-21)20-9-10-26(33-20)11-14-38-17-26/h4-5,7-8,13,15,20,31,33H,9-12,14,16-17H2,1-2H3/t20-,26+/m1/s1. The lowest BCUT2D eigenvalue weighted by Gasteiger charge is -2.23. The molecule has 12 heteroatoms. The molecule has 2 aliphatic heterocycles. The van der Waals surface area contributed by atoms with Crippen molar-refractivity contribution in [3.05, 3.63) is 53.5 Å². The number of fused-ring (bicyclic) bond motifs is 1. The zero-order valence-corrected chi connectivity index (χ0v) is 22.4. The Labute approximate surface area is 224 Å². The molecule has 0 saturated carbocycles. The third kappa shape index (κ3) is 5.85. The minimum atomic E-state index is -4.44. The first-order chi connectivity index (χ1) is 18.5. The lowest BCUT2D eigenvalue weighted by atomic mass is 9.97. The van der Waals surface area contributed by atoms with E-state index < -0.39 is 22.4 Å². The molecular formula is C27H29F3N4O4S. The number of nitrogens with zero attached hydrogens (tertiary/aromatic N) is 2. The van der Waals surface area contributed by atoms with Gasteiger partial charge in [-0.05, 0) is 43.4 Å². The van der Waals surface area contributed by atoms with E-state index in [0.29, 0.717) is 30.3 Å². The lowest BCUT2D eigenvalue weighted by Crippen LogP contribution is -2.41. The number of pyridine rings is 1. The summed E-state index contributed by atoms with van der Waals surface area (Å²) in [6, 6.07) is 8.00. The van der Waals surface area contributed by atoms with Crippen molar-refractivity contribution in [1.29, 1.82) is 0 Å². The van der Waals surface area contributed by atoms with Crippen LogP contribution in [-0.4, -0.2) is 62.6 Å². The summed E-state index contributed by atoms with van der Waals surface area (Å²) < 4.78 is 76.6. The Balaban J connectivity index is 1.42. The van der Waals surface area contributed by atoms with Crippen LogP contribution >= 0.6 is 0 Å². The van der Waals surface area contributed by atoms with Crippen LogP contribution in [0.3, 0.4) is 0 Å². The fraction of sp³-hybridized carbons (Fsp3) is 0.444. The van der Waals surface area contributed by atoms with E-state index in [1.54, 1.807) is 18.3 Å². The fourth-order valence-corrected chi connectivity index (χ4v) is 5.91. The summed E-state index contributed by atoms with van der Waals surface area (Å²) in [5.41, 5.74) is 1.77. The number of sulfone groups is 1. The predicted octanol–water partition coefficient (Wildman–Crippen LogP) is 3.90. The van der Waals surface area contributed by atoms with Gasteiger partial charge in [-0.2, -0.15) is 13.2 Å². The van der Waals surface area contributed by atoms with E-state index in [0.717, 1.165) is 31.1 Å². The van der Waals surface area contributed by atoms with Crippen molar-refractivity contribution >= 4 is 21.2 Å². The Bertz CT molecular complexity index is 1550. The third-order valence-electron chi connectivity index (χ3n) is 7.19. The molecule has 2 atom stereocenters. The van der Waals surface area contributed by atoms with E-state index in [1.807, 2.05) is 6.07 Å². The third-order valence-corrected chi connectivity index (χ3v) is 8.30. The van der Waals surface area contributed by atoms with Gasteiger partial charge in [-0.1, -0.05) is 12.0 Å². The smallest absolute Gasteiger partial charge is 0.394 e. The minimum Gasteiger partial charge on any atom is -0.495 e. The number of halogens is 3. The second-order valence-electron chi connectivity index (χ2n) is 9.96. The molecule has 2 aromatic heterocycles. The molecule has 0 aliphatic carbocycles. The number of benzene rings is 1. The van der Waals surface area contributed by atoms with Gasteiger partial charge in [0.05, 0.1) is 43.0 Å². The maximum atomic E-state index is 13.6. The van der Waals surface area contributed by atoms with Crippen molar-refractivity contribution in [2.24, 2.45) is 0 Å². The van der Waals surface area contributed by atoms with Gasteiger partial charge in [0.25, 0.3) is 0 Å². The summed E-state index contributed by atoms with van der Waals surface area (Å²) in [6.45, 7) is 1.41. The van der Waals surface area contributed by atoms with Gasteiger partial charge in [0.1, 0.15) is 17.1 Å². The van der Waals surface area contributed by atoms with Crippen molar-refractivity contribution < 1.29 is 31.1 Å². The molecule has 2 fully saturated rings. The summed E-state index contributed by atoms with van der Waals surface area (Å²) in [4.78, 5) is 4.68. The fourth-order valence-electron chi connectivity index (χ4n) is 5.27. The SMILES string of the molecule is COc1cc(S(C)(=O)=O)ccc1NCC#Cc1nc2c([C@H]3CC[C@@]4(CCOC4)N3)cccn2c1CC(F)(F)F. The van der Waals surface area contributed by atoms with Crippen LogP contribution in [0.1, 0.15) is 42.3 Å². The summed E-state index contributed by atoms with van der Waals surface area (Å²) in [5.74, 6) is 5.97. The normalized spacial score (nSPS) is 21.3. The first-order valence-electron chi connectivity index (χ1n) is 12.5. The van der Waals surface area contributed by atoms with Crippen LogP contribution in [0.4, 0.5) is 18.9 Å². The molecule has 39 heavy (non-hydrogen) atoms. The van der Waals surface area contributed by atoms with Crippen molar-refractivity contribution in [2.75, 3.05) is 38.4 Å². The molecule has 208 valence electrons. The van der Waals surface area contributed by atoms with Gasteiger partial charge in [-0.3, -0.25) is 0 Å². The molecule has 1 aromatic carbocycles.